The van der Waals surface area contributed by atoms with Gasteiger partial charge in [-0.15, -0.1) is 24.2 Å². The van der Waals surface area contributed by atoms with Gasteiger partial charge in [0.25, 0.3) is 0 Å². The van der Waals surface area contributed by atoms with Crippen LogP contribution in [0.1, 0.15) is 54.9 Å². The molecule has 2 nitrogen and oxygen atoms in total. The molecular weight excluding hydrogens is 314 g/mol. The fourth-order valence-electron chi connectivity index (χ4n) is 2.78. The van der Waals surface area contributed by atoms with Crippen molar-refractivity contribution >= 4 is 30.0 Å². The molecular formula is C18H28ClNOS. The van der Waals surface area contributed by atoms with E-state index in [1.807, 2.05) is 17.8 Å². The molecule has 0 radical (unpaired) electrons. The molecule has 0 atom stereocenters. The minimum absolute atomic E-state index is 0. The topological polar surface area (TPSA) is 20.3 Å². The number of likely N-dealkylation sites (tertiary alicyclic amines) is 1. The maximum atomic E-state index is 12.3. The quantitative estimate of drug-likeness (QED) is 0.515. The molecule has 1 heterocycles. The van der Waals surface area contributed by atoms with Crippen molar-refractivity contribution in [1.82, 2.24) is 4.90 Å². The van der Waals surface area contributed by atoms with Gasteiger partial charge in [-0.2, -0.15) is 0 Å². The fraction of sp³-hybridized carbons (Fsp3) is 0.611. The van der Waals surface area contributed by atoms with Crippen molar-refractivity contribution in [3.63, 3.8) is 0 Å². The first-order chi connectivity index (χ1) is 10.2. The SMILES string of the molecule is CCCSc1ccc(C(=O)CCN2CCCCC2)cc1C.Cl. The number of rotatable bonds is 7. The first kappa shape index (κ1) is 19.5. The first-order valence-corrected chi connectivity index (χ1v) is 9.18. The second-order valence-corrected chi connectivity index (χ2v) is 7.04. The van der Waals surface area contributed by atoms with E-state index in [4.69, 9.17) is 0 Å². The number of ketones is 1. The zero-order valence-corrected chi connectivity index (χ0v) is 15.4. The summed E-state index contributed by atoms with van der Waals surface area (Å²) < 4.78 is 0. The number of benzene rings is 1. The predicted octanol–water partition coefficient (Wildman–Crippen LogP) is 4.98. The maximum Gasteiger partial charge on any atom is 0.164 e. The number of Topliss-reactive ketones (excluding diaryl/α,β-unsaturated/α-hetero) is 1. The Morgan fingerprint density at radius 2 is 1.95 bits per heavy atom. The summed E-state index contributed by atoms with van der Waals surface area (Å²) in [6.07, 6.45) is 5.76. The van der Waals surface area contributed by atoms with Crippen molar-refractivity contribution in [2.45, 2.75) is 50.8 Å². The van der Waals surface area contributed by atoms with Crippen molar-refractivity contribution < 1.29 is 4.79 Å². The third kappa shape index (κ3) is 5.94. The van der Waals surface area contributed by atoms with Gasteiger partial charge >= 0.3 is 0 Å². The lowest BCUT2D eigenvalue weighted by Crippen LogP contribution is -2.31. The molecule has 124 valence electrons. The summed E-state index contributed by atoms with van der Waals surface area (Å²) in [4.78, 5) is 16.1. The lowest BCUT2D eigenvalue weighted by atomic mass is 10.0. The van der Waals surface area contributed by atoms with Gasteiger partial charge in [-0.1, -0.05) is 19.4 Å². The molecule has 1 fully saturated rings. The Balaban J connectivity index is 0.00000242. The molecule has 0 aliphatic carbocycles. The largest absolute Gasteiger partial charge is 0.303 e. The van der Waals surface area contributed by atoms with Crippen LogP contribution in [0.5, 0.6) is 0 Å². The highest BCUT2D eigenvalue weighted by molar-refractivity contribution is 7.99. The average Bonchev–Trinajstić information content (AvgIpc) is 2.52. The number of halogens is 1. The molecule has 1 aromatic rings. The summed E-state index contributed by atoms with van der Waals surface area (Å²) >= 11 is 1.88. The number of aryl methyl sites for hydroxylation is 1. The third-order valence-electron chi connectivity index (χ3n) is 4.06. The molecule has 4 heteroatoms. The summed E-state index contributed by atoms with van der Waals surface area (Å²) in [5.74, 6) is 1.43. The van der Waals surface area contributed by atoms with Crippen molar-refractivity contribution in [2.24, 2.45) is 0 Å². The van der Waals surface area contributed by atoms with E-state index >= 15 is 0 Å². The van der Waals surface area contributed by atoms with Gasteiger partial charge in [-0.25, -0.2) is 0 Å². The Bertz CT molecular complexity index is 472. The van der Waals surface area contributed by atoms with Crippen LogP contribution >= 0.6 is 24.2 Å². The lowest BCUT2D eigenvalue weighted by molar-refractivity contribution is 0.0958. The Labute approximate surface area is 145 Å². The molecule has 2 rings (SSSR count). The van der Waals surface area contributed by atoms with Crippen LogP contribution in [0.2, 0.25) is 0 Å². The minimum atomic E-state index is 0. The Hall–Kier alpha value is -0.510. The van der Waals surface area contributed by atoms with Crippen LogP contribution in [-0.2, 0) is 0 Å². The third-order valence-corrected chi connectivity index (χ3v) is 5.44. The van der Waals surface area contributed by atoms with Crippen LogP contribution in [0.25, 0.3) is 0 Å². The molecule has 0 amide bonds. The molecule has 0 saturated carbocycles. The van der Waals surface area contributed by atoms with Crippen molar-refractivity contribution in [3.8, 4) is 0 Å². The van der Waals surface area contributed by atoms with Crippen LogP contribution in [0.3, 0.4) is 0 Å². The number of piperidine rings is 1. The van der Waals surface area contributed by atoms with Gasteiger partial charge in [-0.05, 0) is 62.7 Å². The van der Waals surface area contributed by atoms with E-state index in [0.29, 0.717) is 6.42 Å². The highest BCUT2D eigenvalue weighted by Gasteiger charge is 2.13. The molecule has 1 aromatic carbocycles. The van der Waals surface area contributed by atoms with Gasteiger partial charge in [0.1, 0.15) is 0 Å². The number of thioether (sulfide) groups is 1. The smallest absolute Gasteiger partial charge is 0.164 e. The van der Waals surface area contributed by atoms with Gasteiger partial charge < -0.3 is 4.90 Å². The van der Waals surface area contributed by atoms with Crippen LogP contribution in [0.15, 0.2) is 23.1 Å². The predicted molar refractivity (Wildman–Crippen MR) is 98.7 cm³/mol. The molecule has 0 spiro atoms. The van der Waals surface area contributed by atoms with Crippen LogP contribution < -0.4 is 0 Å². The summed E-state index contributed by atoms with van der Waals surface area (Å²) in [7, 11) is 0. The molecule has 1 aliphatic heterocycles. The number of hydrogen-bond acceptors (Lipinski definition) is 3. The molecule has 0 unspecified atom stereocenters. The van der Waals surface area contributed by atoms with Crippen LogP contribution in [0.4, 0.5) is 0 Å². The summed E-state index contributed by atoms with van der Waals surface area (Å²) in [5.41, 5.74) is 2.11. The van der Waals surface area contributed by atoms with E-state index in [-0.39, 0.29) is 18.2 Å². The average molecular weight is 342 g/mol. The normalized spacial score (nSPS) is 15.4. The van der Waals surface area contributed by atoms with Gasteiger partial charge in [0.05, 0.1) is 0 Å². The zero-order valence-electron chi connectivity index (χ0n) is 13.8. The van der Waals surface area contributed by atoms with Crippen molar-refractivity contribution in [1.29, 1.82) is 0 Å². The number of nitrogens with zero attached hydrogens (tertiary/aromatic N) is 1. The van der Waals surface area contributed by atoms with Gasteiger partial charge in [0, 0.05) is 23.4 Å². The number of carbonyl (C=O) groups excluding carboxylic acids is 1. The molecule has 0 N–H and O–H groups in total. The highest BCUT2D eigenvalue weighted by Crippen LogP contribution is 2.24. The molecule has 0 aromatic heterocycles. The molecule has 22 heavy (non-hydrogen) atoms. The number of carbonyl (C=O) groups is 1. The molecule has 1 aliphatic rings. The van der Waals surface area contributed by atoms with Crippen LogP contribution in [-0.4, -0.2) is 36.1 Å². The highest BCUT2D eigenvalue weighted by atomic mass is 35.5. The van der Waals surface area contributed by atoms with Gasteiger partial charge in [0.15, 0.2) is 5.78 Å². The van der Waals surface area contributed by atoms with E-state index < -0.39 is 0 Å². The van der Waals surface area contributed by atoms with E-state index in [1.54, 1.807) is 0 Å². The lowest BCUT2D eigenvalue weighted by Gasteiger charge is -2.25. The van der Waals surface area contributed by atoms with E-state index in [9.17, 15) is 4.79 Å². The Kier molecular flexibility index (Phi) is 9.15. The standard InChI is InChI=1S/C18H27NOS.ClH/c1-3-13-21-18-8-7-16(14-15(18)2)17(20)9-12-19-10-5-4-6-11-19;/h7-8,14H,3-6,9-13H2,1-2H3;1H. The second-order valence-electron chi connectivity index (χ2n) is 5.90. The monoisotopic (exact) mass is 341 g/mol. The van der Waals surface area contributed by atoms with Crippen LogP contribution in [0, 0.1) is 6.92 Å². The minimum Gasteiger partial charge on any atom is -0.303 e. The van der Waals surface area contributed by atoms with E-state index in [2.05, 4.69) is 30.9 Å². The Morgan fingerprint density at radius 1 is 1.23 bits per heavy atom. The zero-order chi connectivity index (χ0) is 15.1. The first-order valence-electron chi connectivity index (χ1n) is 8.19. The number of hydrogen-bond donors (Lipinski definition) is 0. The molecule has 1 saturated heterocycles. The van der Waals surface area contributed by atoms with Crippen molar-refractivity contribution in [2.75, 3.05) is 25.4 Å². The summed E-state index contributed by atoms with van der Waals surface area (Å²) in [5, 5.41) is 0. The summed E-state index contributed by atoms with van der Waals surface area (Å²) in [6, 6.07) is 6.18. The van der Waals surface area contributed by atoms with Gasteiger partial charge in [0.2, 0.25) is 0 Å². The second kappa shape index (κ2) is 10.3. The Morgan fingerprint density at radius 3 is 2.59 bits per heavy atom. The fourth-order valence-corrected chi connectivity index (χ4v) is 3.66. The van der Waals surface area contributed by atoms with Crippen molar-refractivity contribution in [3.05, 3.63) is 29.3 Å². The van der Waals surface area contributed by atoms with E-state index in [1.165, 1.54) is 49.2 Å². The van der Waals surface area contributed by atoms with Gasteiger partial charge in [-0.3, -0.25) is 4.79 Å². The summed E-state index contributed by atoms with van der Waals surface area (Å²) in [6.45, 7) is 7.56. The molecule has 0 bridgehead atoms. The maximum absolute atomic E-state index is 12.3. The van der Waals surface area contributed by atoms with E-state index in [0.717, 1.165) is 17.9 Å².